The third kappa shape index (κ3) is 4.13. The number of phenols is 1. The van der Waals surface area contributed by atoms with Crippen LogP contribution in [0.5, 0.6) is 5.75 Å². The molecule has 238 valence electrons. The molecule has 0 saturated heterocycles. The topological polar surface area (TPSA) is 64.1 Å². The second kappa shape index (κ2) is 10.8. The molecule has 0 unspecified atom stereocenters. The number of phenolic OH excluding ortho intramolecular Hbond substituents is 1. The van der Waals surface area contributed by atoms with Gasteiger partial charge in [0.15, 0.2) is 0 Å². The molecule has 1 aliphatic rings. The zero-order valence-corrected chi connectivity index (χ0v) is 29.3. The Bertz CT molecular complexity index is 2540. The van der Waals surface area contributed by atoms with Crippen LogP contribution in [0, 0.1) is 6.07 Å². The molecule has 9 rings (SSSR count). The van der Waals surface area contributed by atoms with Crippen LogP contribution < -0.4 is 0 Å². The van der Waals surface area contributed by atoms with Gasteiger partial charge < -0.3 is 9.52 Å². The average Bonchev–Trinajstić information content (AvgIpc) is 3.70. The smallest absolute Gasteiger partial charge is 0.149 e. The minimum absolute atomic E-state index is 0. The third-order valence-corrected chi connectivity index (χ3v) is 10.6. The van der Waals surface area contributed by atoms with Gasteiger partial charge in [0, 0.05) is 49.1 Å². The van der Waals surface area contributed by atoms with Gasteiger partial charge in [0.2, 0.25) is 0 Å². The molecule has 1 N–H and O–H groups in total. The summed E-state index contributed by atoms with van der Waals surface area (Å²) in [4.78, 5) is 10.8. The summed E-state index contributed by atoms with van der Waals surface area (Å²) in [5.41, 5.74) is 8.59. The third-order valence-electron chi connectivity index (χ3n) is 10.6. The molecule has 0 aliphatic heterocycles. The van der Waals surface area contributed by atoms with E-state index in [-0.39, 0.29) is 37.6 Å². The predicted octanol–water partition coefficient (Wildman–Crippen LogP) is 10.4. The van der Waals surface area contributed by atoms with Crippen molar-refractivity contribution in [3.05, 3.63) is 133 Å². The maximum Gasteiger partial charge on any atom is 0.149 e. The van der Waals surface area contributed by atoms with Crippen molar-refractivity contribution in [1.29, 1.82) is 0 Å². The Morgan fingerprint density at radius 1 is 0.688 bits per heavy atom. The fourth-order valence-corrected chi connectivity index (χ4v) is 7.56. The molecule has 5 nitrogen and oxygen atoms in total. The van der Waals surface area contributed by atoms with Crippen LogP contribution in [0.2, 0.25) is 0 Å². The van der Waals surface area contributed by atoms with E-state index in [0.29, 0.717) is 22.7 Å². The van der Waals surface area contributed by atoms with Crippen LogP contribution in [0.15, 0.2) is 120 Å². The molecule has 0 radical (unpaired) electrons. The quantitative estimate of drug-likeness (QED) is 0.181. The number of aromatic hydroxyl groups is 1. The summed E-state index contributed by atoms with van der Waals surface area (Å²) in [6, 6.07) is 39.9. The monoisotopic (exact) mass is 805 g/mol. The molecule has 5 aromatic carbocycles. The molecule has 0 amide bonds. The zero-order chi connectivity index (χ0) is 32.1. The first-order valence-corrected chi connectivity index (χ1v) is 16.0. The van der Waals surface area contributed by atoms with Gasteiger partial charge in [-0.25, -0.2) is 4.98 Å². The molecule has 1 aliphatic carbocycles. The summed E-state index contributed by atoms with van der Waals surface area (Å²) in [5, 5.41) is 15.5. The second-order valence-electron chi connectivity index (χ2n) is 13.5. The Morgan fingerprint density at radius 3 is 2.19 bits per heavy atom. The summed E-state index contributed by atoms with van der Waals surface area (Å²) in [6.07, 6.45) is 2.04. The van der Waals surface area contributed by atoms with Crippen LogP contribution in [0.3, 0.4) is 0 Å². The molecule has 0 bridgehead atoms. The number of fused-ring (bicyclic) bond motifs is 8. The van der Waals surface area contributed by atoms with E-state index in [1.165, 1.54) is 11.1 Å². The number of para-hydroxylation sites is 2. The SMILES string of the molecule is CC1(C)c2ccc[c-]c2-c2nc(-c3cn(-c4ccccc4)c(-c4c(O)ccc5oc6ccccc6c45)n3)c3ccccc3c2C1(C)C.[Pt]. The van der Waals surface area contributed by atoms with Gasteiger partial charge in [-0.15, -0.1) is 35.4 Å². The number of furan rings is 1. The Hall–Kier alpha value is -4.99. The van der Waals surface area contributed by atoms with Crippen LogP contribution in [0.4, 0.5) is 0 Å². The maximum atomic E-state index is 11.5. The molecule has 6 heteroatoms. The molecule has 48 heavy (non-hydrogen) atoms. The molecule has 0 fully saturated rings. The fraction of sp³-hybridized carbons (Fsp3) is 0.143. The Kier molecular flexibility index (Phi) is 6.81. The standard InChI is InChI=1S/C42H32N3O2.Pt/c1-41(2)30-20-12-10-18-28(30)39-37(42(41,3)4)26-16-8-9-17-27(26)38(44-39)31-24-45(25-14-6-5-7-15-25)40(43-31)36-32(46)22-23-34-35(36)29-19-11-13-21-33(29)47-34;/h5-17,19-24,46H,1-4H3;/q-1;. The first kappa shape index (κ1) is 30.3. The number of rotatable bonds is 3. The Balaban J connectivity index is 0.00000336. The summed E-state index contributed by atoms with van der Waals surface area (Å²) in [6.45, 7) is 9.31. The van der Waals surface area contributed by atoms with Crippen molar-refractivity contribution >= 4 is 32.7 Å². The van der Waals surface area contributed by atoms with Gasteiger partial charge in [-0.3, -0.25) is 9.55 Å². The Morgan fingerprint density at radius 2 is 1.40 bits per heavy atom. The molecule has 8 aromatic rings. The first-order valence-electron chi connectivity index (χ1n) is 16.0. The zero-order valence-electron chi connectivity index (χ0n) is 27.0. The summed E-state index contributed by atoms with van der Waals surface area (Å²) in [7, 11) is 0. The number of pyridine rings is 1. The van der Waals surface area contributed by atoms with Gasteiger partial charge in [0.05, 0.1) is 11.3 Å². The van der Waals surface area contributed by atoms with Crippen LogP contribution >= 0.6 is 0 Å². The molecule has 3 aromatic heterocycles. The van der Waals surface area contributed by atoms with Gasteiger partial charge in [-0.1, -0.05) is 93.9 Å². The van der Waals surface area contributed by atoms with Crippen LogP contribution in [0.25, 0.3) is 72.4 Å². The number of hydrogen-bond acceptors (Lipinski definition) is 4. The predicted molar refractivity (Wildman–Crippen MR) is 189 cm³/mol. The maximum absolute atomic E-state index is 11.5. The minimum Gasteiger partial charge on any atom is -0.507 e. The molecule has 0 spiro atoms. The van der Waals surface area contributed by atoms with Crippen LogP contribution in [-0.4, -0.2) is 19.6 Å². The second-order valence-corrected chi connectivity index (χ2v) is 13.5. The normalized spacial score (nSPS) is 14.5. The number of nitrogens with zero attached hydrogens (tertiary/aromatic N) is 3. The van der Waals surface area contributed by atoms with Gasteiger partial charge in [-0.05, 0) is 52.2 Å². The number of imidazole rings is 1. The van der Waals surface area contributed by atoms with E-state index in [1.54, 1.807) is 6.07 Å². The van der Waals surface area contributed by atoms with Gasteiger partial charge in [0.1, 0.15) is 28.4 Å². The minimum atomic E-state index is -0.214. The van der Waals surface area contributed by atoms with Gasteiger partial charge in [0.25, 0.3) is 0 Å². The van der Waals surface area contributed by atoms with E-state index in [2.05, 4.69) is 74.7 Å². The van der Waals surface area contributed by atoms with E-state index >= 15 is 0 Å². The molecular formula is C42H32N3O2Pt-. The van der Waals surface area contributed by atoms with Crippen molar-refractivity contribution in [2.45, 2.75) is 38.5 Å². The van der Waals surface area contributed by atoms with Gasteiger partial charge in [-0.2, -0.15) is 0 Å². The summed E-state index contributed by atoms with van der Waals surface area (Å²) < 4.78 is 8.28. The molecular weight excluding hydrogens is 774 g/mol. The van der Waals surface area contributed by atoms with Crippen molar-refractivity contribution in [1.82, 2.24) is 14.5 Å². The van der Waals surface area contributed by atoms with Crippen LogP contribution in [-0.2, 0) is 31.9 Å². The molecule has 0 saturated carbocycles. The van der Waals surface area contributed by atoms with Crippen LogP contribution in [0.1, 0.15) is 38.8 Å². The molecule has 3 heterocycles. The van der Waals surface area contributed by atoms with E-state index in [1.807, 2.05) is 72.9 Å². The van der Waals surface area contributed by atoms with Crippen molar-refractivity contribution in [3.63, 3.8) is 0 Å². The summed E-state index contributed by atoms with van der Waals surface area (Å²) >= 11 is 0. The van der Waals surface area contributed by atoms with E-state index in [9.17, 15) is 5.11 Å². The fourth-order valence-electron chi connectivity index (χ4n) is 7.56. The van der Waals surface area contributed by atoms with Crippen molar-refractivity contribution < 1.29 is 30.6 Å². The number of aromatic nitrogens is 3. The van der Waals surface area contributed by atoms with E-state index in [4.69, 9.17) is 14.4 Å². The molecule has 0 atom stereocenters. The average molecular weight is 806 g/mol. The van der Waals surface area contributed by atoms with E-state index < -0.39 is 0 Å². The Labute approximate surface area is 293 Å². The summed E-state index contributed by atoms with van der Waals surface area (Å²) in [5.74, 6) is 0.743. The first-order chi connectivity index (χ1) is 22.8. The van der Waals surface area contributed by atoms with E-state index in [0.717, 1.165) is 49.8 Å². The van der Waals surface area contributed by atoms with Crippen molar-refractivity contribution in [2.24, 2.45) is 0 Å². The number of hydrogen-bond donors (Lipinski definition) is 1. The largest absolute Gasteiger partial charge is 0.507 e. The van der Waals surface area contributed by atoms with Crippen molar-refractivity contribution in [2.75, 3.05) is 0 Å². The van der Waals surface area contributed by atoms with Gasteiger partial charge >= 0.3 is 0 Å². The number of benzene rings is 5. The van der Waals surface area contributed by atoms with Crippen molar-refractivity contribution in [3.8, 4) is 45.5 Å².